The molecular formula is C16H13Cl2N. The minimum absolute atomic E-state index is 0.681. The van der Waals surface area contributed by atoms with Crippen LogP contribution >= 0.6 is 23.2 Å². The van der Waals surface area contributed by atoms with E-state index in [1.165, 1.54) is 10.9 Å². The number of fused-ring (bicyclic) bond motifs is 1. The van der Waals surface area contributed by atoms with Crippen molar-refractivity contribution in [1.82, 2.24) is 4.57 Å². The Kier molecular flexibility index (Phi) is 3.50. The Morgan fingerprint density at radius 2 is 1.79 bits per heavy atom. The monoisotopic (exact) mass is 289 g/mol. The lowest BCUT2D eigenvalue weighted by atomic mass is 10.1. The number of nitrogens with zero attached hydrogens (tertiary/aromatic N) is 1. The molecular weight excluding hydrogens is 277 g/mol. The molecule has 0 fully saturated rings. The van der Waals surface area contributed by atoms with Gasteiger partial charge in [0.15, 0.2) is 0 Å². The molecule has 1 heterocycles. The molecule has 1 aromatic heterocycles. The van der Waals surface area contributed by atoms with Crippen molar-refractivity contribution in [2.45, 2.75) is 13.0 Å². The summed E-state index contributed by atoms with van der Waals surface area (Å²) in [4.78, 5) is 0. The van der Waals surface area contributed by atoms with Gasteiger partial charge in [0.1, 0.15) is 0 Å². The van der Waals surface area contributed by atoms with Crippen LogP contribution in [0.2, 0.25) is 10.0 Å². The maximum Gasteiger partial charge on any atom is 0.0480 e. The van der Waals surface area contributed by atoms with Gasteiger partial charge in [0.25, 0.3) is 0 Å². The van der Waals surface area contributed by atoms with E-state index >= 15 is 0 Å². The van der Waals surface area contributed by atoms with Crippen LogP contribution in [0.5, 0.6) is 0 Å². The standard InChI is InChI=1S/C16H13Cl2N/c17-14-6-5-12(15(18)11-14)7-9-19-10-8-13-3-1-2-4-16(13)19/h1-6,8,10-11H,7,9H2. The van der Waals surface area contributed by atoms with E-state index in [-0.39, 0.29) is 0 Å². The van der Waals surface area contributed by atoms with E-state index in [4.69, 9.17) is 23.2 Å². The van der Waals surface area contributed by atoms with Gasteiger partial charge >= 0.3 is 0 Å². The van der Waals surface area contributed by atoms with Crippen LogP contribution in [0, 0.1) is 0 Å². The molecule has 0 aliphatic heterocycles. The molecule has 0 aliphatic carbocycles. The Hall–Kier alpha value is -1.44. The van der Waals surface area contributed by atoms with E-state index in [0.717, 1.165) is 23.6 Å². The third-order valence-corrected chi connectivity index (χ3v) is 3.90. The fourth-order valence-electron chi connectivity index (χ4n) is 2.30. The Morgan fingerprint density at radius 1 is 0.947 bits per heavy atom. The van der Waals surface area contributed by atoms with E-state index in [1.54, 1.807) is 6.07 Å². The van der Waals surface area contributed by atoms with Crippen molar-refractivity contribution in [2.24, 2.45) is 0 Å². The highest BCUT2D eigenvalue weighted by atomic mass is 35.5. The van der Waals surface area contributed by atoms with Gasteiger partial charge in [0.05, 0.1) is 0 Å². The van der Waals surface area contributed by atoms with Crippen molar-refractivity contribution >= 4 is 34.1 Å². The van der Waals surface area contributed by atoms with Crippen molar-refractivity contribution in [1.29, 1.82) is 0 Å². The molecule has 96 valence electrons. The second-order valence-electron chi connectivity index (χ2n) is 4.55. The first-order valence-electron chi connectivity index (χ1n) is 6.22. The molecule has 19 heavy (non-hydrogen) atoms. The average molecular weight is 290 g/mol. The van der Waals surface area contributed by atoms with Gasteiger partial charge in [-0.05, 0) is 41.6 Å². The van der Waals surface area contributed by atoms with Gasteiger partial charge in [-0.3, -0.25) is 0 Å². The molecule has 0 spiro atoms. The SMILES string of the molecule is Clc1ccc(CCn2ccc3ccccc32)c(Cl)c1. The number of hydrogen-bond acceptors (Lipinski definition) is 0. The van der Waals surface area contributed by atoms with E-state index < -0.39 is 0 Å². The molecule has 0 radical (unpaired) electrons. The lowest BCUT2D eigenvalue weighted by molar-refractivity contribution is 0.723. The Bertz CT molecular complexity index is 716. The summed E-state index contributed by atoms with van der Waals surface area (Å²) in [6, 6.07) is 16.2. The van der Waals surface area contributed by atoms with Gasteiger partial charge in [-0.1, -0.05) is 47.5 Å². The zero-order valence-corrected chi connectivity index (χ0v) is 11.8. The van der Waals surface area contributed by atoms with Crippen molar-refractivity contribution in [3.63, 3.8) is 0 Å². The smallest absolute Gasteiger partial charge is 0.0480 e. The average Bonchev–Trinajstić information content (AvgIpc) is 2.81. The predicted molar refractivity (Wildman–Crippen MR) is 82.1 cm³/mol. The van der Waals surface area contributed by atoms with Gasteiger partial charge in [0, 0.05) is 28.3 Å². The lowest BCUT2D eigenvalue weighted by Crippen LogP contribution is -2.00. The fraction of sp³-hybridized carbons (Fsp3) is 0.125. The molecule has 0 atom stereocenters. The molecule has 0 aliphatic rings. The van der Waals surface area contributed by atoms with E-state index in [1.807, 2.05) is 12.1 Å². The zero-order valence-electron chi connectivity index (χ0n) is 10.3. The molecule has 3 heteroatoms. The van der Waals surface area contributed by atoms with Crippen molar-refractivity contribution in [3.05, 3.63) is 70.3 Å². The number of para-hydroxylation sites is 1. The number of rotatable bonds is 3. The first kappa shape index (κ1) is 12.6. The van der Waals surface area contributed by atoms with Crippen molar-refractivity contribution in [3.8, 4) is 0 Å². The third kappa shape index (κ3) is 2.63. The number of aromatic nitrogens is 1. The molecule has 3 aromatic rings. The minimum atomic E-state index is 0.681. The topological polar surface area (TPSA) is 4.93 Å². The molecule has 3 rings (SSSR count). The summed E-state index contributed by atoms with van der Waals surface area (Å²) in [7, 11) is 0. The molecule has 0 unspecified atom stereocenters. The summed E-state index contributed by atoms with van der Waals surface area (Å²) in [6.07, 6.45) is 3.02. The highest BCUT2D eigenvalue weighted by Crippen LogP contribution is 2.22. The second kappa shape index (κ2) is 5.28. The lowest BCUT2D eigenvalue weighted by Gasteiger charge is -2.07. The first-order valence-corrected chi connectivity index (χ1v) is 6.97. The summed E-state index contributed by atoms with van der Waals surface area (Å²) in [5.74, 6) is 0. The summed E-state index contributed by atoms with van der Waals surface area (Å²) in [6.45, 7) is 0.912. The summed E-state index contributed by atoms with van der Waals surface area (Å²) in [5, 5.41) is 2.69. The van der Waals surface area contributed by atoms with Crippen LogP contribution in [-0.2, 0) is 13.0 Å². The molecule has 0 saturated carbocycles. The van der Waals surface area contributed by atoms with Gasteiger partial charge < -0.3 is 4.57 Å². The maximum absolute atomic E-state index is 6.19. The highest BCUT2D eigenvalue weighted by Gasteiger charge is 2.04. The molecule has 2 aromatic carbocycles. The van der Waals surface area contributed by atoms with E-state index in [0.29, 0.717) is 5.02 Å². The van der Waals surface area contributed by atoms with Crippen LogP contribution in [0.3, 0.4) is 0 Å². The quantitative estimate of drug-likeness (QED) is 0.625. The number of halogens is 2. The third-order valence-electron chi connectivity index (χ3n) is 3.32. The first-order chi connectivity index (χ1) is 9.24. The van der Waals surface area contributed by atoms with Gasteiger partial charge in [-0.25, -0.2) is 0 Å². The second-order valence-corrected chi connectivity index (χ2v) is 5.40. The maximum atomic E-state index is 6.19. The van der Waals surface area contributed by atoms with Crippen LogP contribution in [0.15, 0.2) is 54.7 Å². The molecule has 0 N–H and O–H groups in total. The molecule has 0 bridgehead atoms. The van der Waals surface area contributed by atoms with E-state index in [2.05, 4.69) is 41.1 Å². The van der Waals surface area contributed by atoms with Crippen molar-refractivity contribution in [2.75, 3.05) is 0 Å². The summed E-state index contributed by atoms with van der Waals surface area (Å²) >= 11 is 12.1. The normalized spacial score (nSPS) is 11.1. The minimum Gasteiger partial charge on any atom is -0.347 e. The van der Waals surface area contributed by atoms with Gasteiger partial charge in [-0.2, -0.15) is 0 Å². The Morgan fingerprint density at radius 3 is 2.63 bits per heavy atom. The van der Waals surface area contributed by atoms with Crippen LogP contribution in [0.1, 0.15) is 5.56 Å². The number of aryl methyl sites for hydroxylation is 2. The molecule has 0 amide bonds. The van der Waals surface area contributed by atoms with Crippen LogP contribution in [0.25, 0.3) is 10.9 Å². The van der Waals surface area contributed by atoms with Crippen LogP contribution in [-0.4, -0.2) is 4.57 Å². The zero-order chi connectivity index (χ0) is 13.2. The molecule has 0 saturated heterocycles. The number of benzene rings is 2. The predicted octanol–water partition coefficient (Wildman–Crippen LogP) is 5.19. The van der Waals surface area contributed by atoms with Gasteiger partial charge in [0.2, 0.25) is 0 Å². The van der Waals surface area contributed by atoms with E-state index in [9.17, 15) is 0 Å². The summed E-state index contributed by atoms with van der Waals surface area (Å²) < 4.78 is 2.25. The van der Waals surface area contributed by atoms with Gasteiger partial charge in [-0.15, -0.1) is 0 Å². The Labute approximate surface area is 122 Å². The highest BCUT2D eigenvalue weighted by molar-refractivity contribution is 6.35. The summed E-state index contributed by atoms with van der Waals surface area (Å²) in [5.41, 5.74) is 2.39. The molecule has 1 nitrogen and oxygen atoms in total. The van der Waals surface area contributed by atoms with Crippen LogP contribution < -0.4 is 0 Å². The van der Waals surface area contributed by atoms with Crippen LogP contribution in [0.4, 0.5) is 0 Å². The number of hydrogen-bond donors (Lipinski definition) is 0. The Balaban J connectivity index is 1.82. The van der Waals surface area contributed by atoms with Crippen molar-refractivity contribution < 1.29 is 0 Å². The largest absolute Gasteiger partial charge is 0.347 e. The fourth-order valence-corrected chi connectivity index (χ4v) is 2.80.